The smallest absolute Gasteiger partial charge is 0.309 e. The van der Waals surface area contributed by atoms with Crippen LogP contribution in [-0.4, -0.2) is 36.4 Å². The van der Waals surface area contributed by atoms with Crippen molar-refractivity contribution in [3.8, 4) is 11.7 Å². The monoisotopic (exact) mass is 292 g/mol. The van der Waals surface area contributed by atoms with Gasteiger partial charge in [0.05, 0.1) is 32.4 Å². The third-order valence-corrected chi connectivity index (χ3v) is 3.83. The molecular formula is C14H18N3O4+. The standard InChI is InChI=1S/C14H17N3O4/c1-19-14(18)10-4-6-17(7-5-10)9-12-15-16-13(21-12)11-3-2-8-20-11/h2-3,8,10H,4-7,9H2,1H3/p+1. The number of carbonyl (C=O) groups excluding carboxylic acids is 1. The summed E-state index contributed by atoms with van der Waals surface area (Å²) in [4.78, 5) is 12.8. The van der Waals surface area contributed by atoms with E-state index in [0.29, 0.717) is 24.1 Å². The number of quaternary nitrogens is 1. The molecule has 112 valence electrons. The molecule has 0 radical (unpaired) electrons. The topological polar surface area (TPSA) is 82.8 Å². The minimum atomic E-state index is -0.105. The number of nitrogens with zero attached hydrogens (tertiary/aromatic N) is 2. The lowest BCUT2D eigenvalue weighted by molar-refractivity contribution is -0.920. The molecule has 0 unspecified atom stereocenters. The average Bonchev–Trinajstić information content (AvgIpc) is 3.18. The fourth-order valence-corrected chi connectivity index (χ4v) is 2.64. The summed E-state index contributed by atoms with van der Waals surface area (Å²) >= 11 is 0. The number of furan rings is 1. The molecule has 7 nitrogen and oxygen atoms in total. The van der Waals surface area contributed by atoms with Crippen molar-refractivity contribution in [2.45, 2.75) is 19.4 Å². The summed E-state index contributed by atoms with van der Waals surface area (Å²) in [5.74, 6) is 1.49. The molecule has 3 heterocycles. The summed E-state index contributed by atoms with van der Waals surface area (Å²) in [6.45, 7) is 2.47. The lowest BCUT2D eigenvalue weighted by Gasteiger charge is -2.26. The first-order valence-corrected chi connectivity index (χ1v) is 7.04. The second-order valence-corrected chi connectivity index (χ2v) is 5.20. The number of ether oxygens (including phenoxy) is 1. The van der Waals surface area contributed by atoms with Crippen LogP contribution in [0.5, 0.6) is 0 Å². The zero-order valence-electron chi connectivity index (χ0n) is 11.9. The van der Waals surface area contributed by atoms with E-state index < -0.39 is 0 Å². The zero-order valence-corrected chi connectivity index (χ0v) is 11.9. The lowest BCUT2D eigenvalue weighted by atomic mass is 9.97. The van der Waals surface area contributed by atoms with E-state index in [1.807, 2.05) is 0 Å². The quantitative estimate of drug-likeness (QED) is 0.816. The number of piperidine rings is 1. The number of hydrogen-bond donors (Lipinski definition) is 1. The number of hydrogen-bond acceptors (Lipinski definition) is 6. The molecule has 2 aromatic rings. The van der Waals surface area contributed by atoms with Crippen molar-refractivity contribution in [1.29, 1.82) is 0 Å². The highest BCUT2D eigenvalue weighted by Gasteiger charge is 2.29. The highest BCUT2D eigenvalue weighted by atomic mass is 16.5. The van der Waals surface area contributed by atoms with Gasteiger partial charge in [0.1, 0.15) is 0 Å². The molecule has 0 atom stereocenters. The van der Waals surface area contributed by atoms with Gasteiger partial charge in [0.25, 0.3) is 11.8 Å². The van der Waals surface area contributed by atoms with Gasteiger partial charge in [-0.15, -0.1) is 10.2 Å². The van der Waals surface area contributed by atoms with Gasteiger partial charge in [0.2, 0.25) is 0 Å². The molecule has 0 saturated carbocycles. The Morgan fingerprint density at radius 3 is 2.90 bits per heavy atom. The van der Waals surface area contributed by atoms with E-state index >= 15 is 0 Å². The Labute approximate surface area is 121 Å². The molecule has 0 aliphatic carbocycles. The Bertz CT molecular complexity index is 585. The molecule has 0 amide bonds. The predicted molar refractivity (Wildman–Crippen MR) is 71.1 cm³/mol. The van der Waals surface area contributed by atoms with Gasteiger partial charge in [0.15, 0.2) is 12.3 Å². The molecule has 1 aliphatic heterocycles. The third-order valence-electron chi connectivity index (χ3n) is 3.83. The lowest BCUT2D eigenvalue weighted by Crippen LogP contribution is -3.11. The Morgan fingerprint density at radius 1 is 1.43 bits per heavy atom. The van der Waals surface area contributed by atoms with E-state index in [-0.39, 0.29) is 11.9 Å². The van der Waals surface area contributed by atoms with Crippen LogP contribution in [-0.2, 0) is 16.1 Å². The highest BCUT2D eigenvalue weighted by Crippen LogP contribution is 2.17. The SMILES string of the molecule is COC(=O)C1CC[NH+](Cc2nnc(-c3ccco3)o2)CC1. The number of carbonyl (C=O) groups is 1. The Balaban J connectivity index is 1.55. The van der Waals surface area contributed by atoms with Gasteiger partial charge >= 0.3 is 5.97 Å². The molecule has 0 bridgehead atoms. The van der Waals surface area contributed by atoms with Crippen molar-refractivity contribution in [3.05, 3.63) is 24.3 Å². The molecule has 1 fully saturated rings. The van der Waals surface area contributed by atoms with Crippen molar-refractivity contribution < 1.29 is 23.3 Å². The minimum absolute atomic E-state index is 0.0279. The number of rotatable bonds is 4. The first-order chi connectivity index (χ1) is 10.3. The van der Waals surface area contributed by atoms with Crippen LogP contribution in [0.3, 0.4) is 0 Å². The van der Waals surface area contributed by atoms with E-state index in [1.165, 1.54) is 12.0 Å². The van der Waals surface area contributed by atoms with Crippen LogP contribution in [0.25, 0.3) is 11.7 Å². The first kappa shape index (κ1) is 13.8. The Morgan fingerprint density at radius 2 is 2.24 bits per heavy atom. The van der Waals surface area contributed by atoms with Crippen LogP contribution in [0.15, 0.2) is 27.2 Å². The average molecular weight is 292 g/mol. The normalized spacial score (nSPS) is 22.1. The van der Waals surface area contributed by atoms with Gasteiger partial charge in [-0.3, -0.25) is 4.79 Å². The molecule has 2 aromatic heterocycles. The van der Waals surface area contributed by atoms with E-state index in [2.05, 4.69) is 10.2 Å². The van der Waals surface area contributed by atoms with Crippen LogP contribution >= 0.6 is 0 Å². The number of methoxy groups -OCH3 is 1. The molecule has 21 heavy (non-hydrogen) atoms. The van der Waals surface area contributed by atoms with Gasteiger partial charge in [-0.2, -0.15) is 0 Å². The van der Waals surface area contributed by atoms with Gasteiger partial charge in [-0.1, -0.05) is 0 Å². The van der Waals surface area contributed by atoms with Crippen LogP contribution in [0, 0.1) is 5.92 Å². The van der Waals surface area contributed by atoms with Crippen LogP contribution in [0.4, 0.5) is 0 Å². The van der Waals surface area contributed by atoms with Crippen molar-refractivity contribution in [3.63, 3.8) is 0 Å². The molecule has 1 N–H and O–H groups in total. The predicted octanol–water partition coefficient (Wildman–Crippen LogP) is 0.298. The molecule has 0 aromatic carbocycles. The van der Waals surface area contributed by atoms with Crippen molar-refractivity contribution in [2.24, 2.45) is 5.92 Å². The van der Waals surface area contributed by atoms with E-state index in [1.54, 1.807) is 18.4 Å². The van der Waals surface area contributed by atoms with Crippen LogP contribution in [0.1, 0.15) is 18.7 Å². The van der Waals surface area contributed by atoms with Crippen molar-refractivity contribution in [2.75, 3.05) is 20.2 Å². The highest BCUT2D eigenvalue weighted by molar-refractivity contribution is 5.72. The van der Waals surface area contributed by atoms with Crippen LogP contribution in [0.2, 0.25) is 0 Å². The largest absolute Gasteiger partial charge is 0.469 e. The maximum absolute atomic E-state index is 11.5. The molecule has 7 heteroatoms. The molecule has 1 aliphatic rings. The van der Waals surface area contributed by atoms with Gasteiger partial charge in [0, 0.05) is 12.8 Å². The fourth-order valence-electron chi connectivity index (χ4n) is 2.64. The summed E-state index contributed by atoms with van der Waals surface area (Å²) in [7, 11) is 1.44. The second kappa shape index (κ2) is 6.09. The minimum Gasteiger partial charge on any atom is -0.469 e. The molecule has 3 rings (SSSR count). The van der Waals surface area contributed by atoms with E-state index in [0.717, 1.165) is 25.9 Å². The Kier molecular flexibility index (Phi) is 4.01. The maximum atomic E-state index is 11.5. The molecule has 1 saturated heterocycles. The Hall–Kier alpha value is -2.15. The number of esters is 1. The number of aromatic nitrogens is 2. The zero-order chi connectivity index (χ0) is 14.7. The summed E-state index contributed by atoms with van der Waals surface area (Å²) in [5, 5.41) is 8.03. The summed E-state index contributed by atoms with van der Waals surface area (Å²) in [6.07, 6.45) is 3.24. The van der Waals surface area contributed by atoms with E-state index in [4.69, 9.17) is 13.6 Å². The first-order valence-electron chi connectivity index (χ1n) is 7.04. The summed E-state index contributed by atoms with van der Waals surface area (Å²) in [5.41, 5.74) is 0. The van der Waals surface area contributed by atoms with Crippen LogP contribution < -0.4 is 4.90 Å². The molecule has 0 spiro atoms. The number of nitrogens with one attached hydrogen (secondary N) is 1. The fraction of sp³-hybridized carbons (Fsp3) is 0.500. The van der Waals surface area contributed by atoms with Crippen molar-refractivity contribution >= 4 is 5.97 Å². The molecular weight excluding hydrogens is 274 g/mol. The summed E-state index contributed by atoms with van der Waals surface area (Å²) in [6, 6.07) is 3.56. The van der Waals surface area contributed by atoms with Gasteiger partial charge in [-0.05, 0) is 12.1 Å². The van der Waals surface area contributed by atoms with E-state index in [9.17, 15) is 4.79 Å². The second-order valence-electron chi connectivity index (χ2n) is 5.20. The maximum Gasteiger partial charge on any atom is 0.309 e. The number of likely N-dealkylation sites (tertiary alicyclic amines) is 1. The third kappa shape index (κ3) is 3.13. The van der Waals surface area contributed by atoms with Gasteiger partial charge in [-0.25, -0.2) is 0 Å². The van der Waals surface area contributed by atoms with Gasteiger partial charge < -0.3 is 18.5 Å². The van der Waals surface area contributed by atoms with Crippen molar-refractivity contribution in [1.82, 2.24) is 10.2 Å². The summed E-state index contributed by atoms with van der Waals surface area (Å²) < 4.78 is 15.6.